The van der Waals surface area contributed by atoms with Gasteiger partial charge in [-0.1, -0.05) is 12.1 Å². The Bertz CT molecular complexity index is 507. The molecule has 0 unspecified atom stereocenters. The number of halogens is 1. The number of amides is 1. The molecule has 2 aliphatic heterocycles. The van der Waals surface area contributed by atoms with Crippen LogP contribution in [0.5, 0.6) is 5.75 Å². The minimum absolute atomic E-state index is 0. The van der Waals surface area contributed by atoms with E-state index in [0.717, 1.165) is 51.4 Å². The van der Waals surface area contributed by atoms with Gasteiger partial charge in [-0.25, -0.2) is 0 Å². The molecule has 0 aromatic heterocycles. The van der Waals surface area contributed by atoms with E-state index in [1.165, 1.54) is 18.4 Å². The highest BCUT2D eigenvalue weighted by molar-refractivity contribution is 5.85. The number of likely N-dealkylation sites (tertiary alicyclic amines) is 1. The Balaban J connectivity index is 0.00000208. The average Bonchev–Trinajstić information content (AvgIpc) is 2.61. The first-order chi connectivity index (χ1) is 11.2. The highest BCUT2D eigenvalue weighted by Crippen LogP contribution is 2.29. The van der Waals surface area contributed by atoms with E-state index < -0.39 is 0 Å². The van der Waals surface area contributed by atoms with Crippen LogP contribution in [0.2, 0.25) is 0 Å². The molecule has 24 heavy (non-hydrogen) atoms. The number of rotatable bonds is 4. The smallest absolute Gasteiger partial charge is 0.222 e. The third-order valence-electron chi connectivity index (χ3n) is 5.44. The van der Waals surface area contributed by atoms with Crippen LogP contribution in [0, 0.1) is 5.92 Å². The molecule has 1 amide bonds. The summed E-state index contributed by atoms with van der Waals surface area (Å²) in [7, 11) is 0. The van der Waals surface area contributed by atoms with Crippen molar-refractivity contribution in [3.8, 4) is 5.75 Å². The lowest BCUT2D eigenvalue weighted by molar-refractivity contribution is -0.132. The summed E-state index contributed by atoms with van der Waals surface area (Å²) in [6, 6.07) is 7.53. The van der Waals surface area contributed by atoms with Crippen LogP contribution in [0.25, 0.3) is 0 Å². The maximum Gasteiger partial charge on any atom is 0.222 e. The van der Waals surface area contributed by atoms with Gasteiger partial charge in [0.1, 0.15) is 5.75 Å². The number of nitrogens with one attached hydrogen (secondary N) is 1. The maximum atomic E-state index is 12.4. The average molecular weight is 353 g/mol. The van der Waals surface area contributed by atoms with Gasteiger partial charge in [0.05, 0.1) is 0 Å². The summed E-state index contributed by atoms with van der Waals surface area (Å²) in [6.07, 6.45) is 6.27. The molecule has 134 valence electrons. The first kappa shape index (κ1) is 19.1. The number of hydrogen-bond acceptors (Lipinski definition) is 3. The first-order valence-corrected chi connectivity index (χ1v) is 9.00. The Morgan fingerprint density at radius 2 is 1.71 bits per heavy atom. The van der Waals surface area contributed by atoms with Crippen LogP contribution in [0.3, 0.4) is 0 Å². The van der Waals surface area contributed by atoms with E-state index in [9.17, 15) is 9.90 Å². The fourth-order valence-corrected chi connectivity index (χ4v) is 3.86. The molecular formula is C19H29ClN2O2. The number of carbonyl (C=O) groups excluding carboxylic acids is 1. The van der Waals surface area contributed by atoms with E-state index in [-0.39, 0.29) is 12.4 Å². The zero-order valence-electron chi connectivity index (χ0n) is 14.2. The molecule has 1 aromatic rings. The Labute approximate surface area is 151 Å². The van der Waals surface area contributed by atoms with Crippen molar-refractivity contribution < 1.29 is 9.90 Å². The molecule has 0 bridgehead atoms. The molecule has 0 atom stereocenters. The van der Waals surface area contributed by atoms with Crippen molar-refractivity contribution in [3.63, 3.8) is 0 Å². The molecule has 4 nitrogen and oxygen atoms in total. The highest BCUT2D eigenvalue weighted by Gasteiger charge is 2.24. The van der Waals surface area contributed by atoms with Gasteiger partial charge in [0.25, 0.3) is 0 Å². The molecule has 2 heterocycles. The minimum Gasteiger partial charge on any atom is -0.508 e. The predicted octanol–water partition coefficient (Wildman–Crippen LogP) is 3.30. The lowest BCUT2D eigenvalue weighted by Crippen LogP contribution is -2.38. The zero-order chi connectivity index (χ0) is 16.1. The van der Waals surface area contributed by atoms with Crippen molar-refractivity contribution in [1.29, 1.82) is 0 Å². The van der Waals surface area contributed by atoms with Crippen molar-refractivity contribution >= 4 is 18.3 Å². The van der Waals surface area contributed by atoms with Crippen molar-refractivity contribution in [3.05, 3.63) is 29.8 Å². The van der Waals surface area contributed by atoms with E-state index in [1.807, 2.05) is 12.1 Å². The quantitative estimate of drug-likeness (QED) is 0.874. The van der Waals surface area contributed by atoms with E-state index >= 15 is 0 Å². The second-order valence-corrected chi connectivity index (χ2v) is 6.98. The van der Waals surface area contributed by atoms with Crippen LogP contribution >= 0.6 is 12.4 Å². The predicted molar refractivity (Wildman–Crippen MR) is 98.7 cm³/mol. The summed E-state index contributed by atoms with van der Waals surface area (Å²) in [5.74, 6) is 1.91. The van der Waals surface area contributed by atoms with E-state index in [4.69, 9.17) is 0 Å². The zero-order valence-corrected chi connectivity index (χ0v) is 15.1. The second kappa shape index (κ2) is 9.28. The van der Waals surface area contributed by atoms with E-state index in [2.05, 4.69) is 10.2 Å². The summed E-state index contributed by atoms with van der Waals surface area (Å²) < 4.78 is 0. The fraction of sp³-hybridized carbons (Fsp3) is 0.632. The van der Waals surface area contributed by atoms with Crippen LogP contribution in [0.15, 0.2) is 24.3 Å². The maximum absolute atomic E-state index is 12.4. The van der Waals surface area contributed by atoms with Gasteiger partial charge in [-0.15, -0.1) is 12.4 Å². The Morgan fingerprint density at radius 3 is 2.33 bits per heavy atom. The molecule has 0 saturated carbocycles. The Morgan fingerprint density at radius 1 is 1.08 bits per heavy atom. The Hall–Kier alpha value is -1.26. The van der Waals surface area contributed by atoms with Crippen LogP contribution < -0.4 is 5.32 Å². The SMILES string of the molecule is Cl.O=C(CCC1CCNCC1)N1CCC(c2ccc(O)cc2)CC1. The van der Waals surface area contributed by atoms with Gasteiger partial charge in [-0.3, -0.25) is 4.79 Å². The van der Waals surface area contributed by atoms with Gasteiger partial charge in [0.2, 0.25) is 5.91 Å². The van der Waals surface area contributed by atoms with Gasteiger partial charge in [0.15, 0.2) is 0 Å². The number of benzene rings is 1. The van der Waals surface area contributed by atoms with E-state index in [1.54, 1.807) is 12.1 Å². The molecule has 2 N–H and O–H groups in total. The van der Waals surface area contributed by atoms with Crippen LogP contribution in [0.4, 0.5) is 0 Å². The molecule has 0 radical (unpaired) electrons. The summed E-state index contributed by atoms with van der Waals surface area (Å²) in [5.41, 5.74) is 1.28. The van der Waals surface area contributed by atoms with Gasteiger partial charge in [-0.2, -0.15) is 0 Å². The molecule has 1 aromatic carbocycles. The summed E-state index contributed by atoms with van der Waals surface area (Å²) >= 11 is 0. The standard InChI is InChI=1S/C19H28N2O2.ClH/c22-18-4-2-16(3-5-18)17-9-13-21(14-10-17)19(23)6-1-15-7-11-20-12-8-15;/h2-5,15,17,20,22H,1,6-14H2;1H. The van der Waals surface area contributed by atoms with Crippen LogP contribution in [-0.4, -0.2) is 42.1 Å². The monoisotopic (exact) mass is 352 g/mol. The van der Waals surface area contributed by atoms with Gasteiger partial charge >= 0.3 is 0 Å². The van der Waals surface area contributed by atoms with Gasteiger partial charge < -0.3 is 15.3 Å². The van der Waals surface area contributed by atoms with Crippen LogP contribution in [-0.2, 0) is 4.79 Å². The van der Waals surface area contributed by atoms with Crippen molar-refractivity contribution in [2.24, 2.45) is 5.92 Å². The fourth-order valence-electron chi connectivity index (χ4n) is 3.86. The summed E-state index contributed by atoms with van der Waals surface area (Å²) in [4.78, 5) is 14.5. The molecule has 2 aliphatic rings. The highest BCUT2D eigenvalue weighted by atomic mass is 35.5. The normalized spacial score (nSPS) is 19.8. The molecule has 3 rings (SSSR count). The van der Waals surface area contributed by atoms with Gasteiger partial charge in [0, 0.05) is 19.5 Å². The summed E-state index contributed by atoms with van der Waals surface area (Å²) in [6.45, 7) is 3.96. The second-order valence-electron chi connectivity index (χ2n) is 6.98. The number of hydrogen-bond donors (Lipinski definition) is 2. The first-order valence-electron chi connectivity index (χ1n) is 9.00. The number of piperidine rings is 2. The molecule has 0 aliphatic carbocycles. The number of phenols is 1. The van der Waals surface area contributed by atoms with Crippen molar-refractivity contribution in [2.45, 2.75) is 44.4 Å². The molecule has 5 heteroatoms. The third kappa shape index (κ3) is 5.12. The molecular weight excluding hydrogens is 324 g/mol. The molecule has 2 saturated heterocycles. The van der Waals surface area contributed by atoms with Crippen LogP contribution in [0.1, 0.15) is 50.0 Å². The lowest BCUT2D eigenvalue weighted by Gasteiger charge is -2.33. The largest absolute Gasteiger partial charge is 0.508 e. The lowest BCUT2D eigenvalue weighted by atomic mass is 9.89. The number of phenolic OH excluding ortho intramolecular Hbond substituents is 1. The Kier molecular flexibility index (Phi) is 7.38. The molecule has 2 fully saturated rings. The topological polar surface area (TPSA) is 52.6 Å². The number of aromatic hydroxyl groups is 1. The molecule has 0 spiro atoms. The van der Waals surface area contributed by atoms with Crippen molar-refractivity contribution in [1.82, 2.24) is 10.2 Å². The number of nitrogens with zero attached hydrogens (tertiary/aromatic N) is 1. The number of carbonyl (C=O) groups is 1. The van der Waals surface area contributed by atoms with Gasteiger partial charge in [-0.05, 0) is 74.7 Å². The third-order valence-corrected chi connectivity index (χ3v) is 5.44. The minimum atomic E-state index is 0. The van der Waals surface area contributed by atoms with E-state index in [0.29, 0.717) is 24.0 Å². The summed E-state index contributed by atoms with van der Waals surface area (Å²) in [5, 5.41) is 12.8. The van der Waals surface area contributed by atoms with Crippen molar-refractivity contribution in [2.75, 3.05) is 26.2 Å².